The predicted octanol–water partition coefficient (Wildman–Crippen LogP) is 2.40. The molecule has 1 fully saturated rings. The van der Waals surface area contributed by atoms with Crippen molar-refractivity contribution in [2.24, 2.45) is 0 Å². The Bertz CT molecular complexity index is 410. The molecule has 4 nitrogen and oxygen atoms in total. The first-order valence-electron chi connectivity index (χ1n) is 6.02. The highest BCUT2D eigenvalue weighted by Gasteiger charge is 2.35. The molecule has 0 bridgehead atoms. The lowest BCUT2D eigenvalue weighted by Crippen LogP contribution is -2.27. The molecule has 0 N–H and O–H groups in total. The van der Waals surface area contributed by atoms with Gasteiger partial charge in [0.2, 0.25) is 5.82 Å². The van der Waals surface area contributed by atoms with E-state index in [4.69, 9.17) is 9.47 Å². The van der Waals surface area contributed by atoms with Crippen molar-refractivity contribution in [2.75, 3.05) is 13.2 Å². The Hall–Kier alpha value is -1.21. The van der Waals surface area contributed by atoms with Gasteiger partial charge in [0.1, 0.15) is 0 Å². The SMILES string of the molecule is CC1OCCOC(C)C1c1cnc(C(F)(F)F)nc1. The Balaban J connectivity index is 2.24. The first-order chi connectivity index (χ1) is 8.89. The summed E-state index contributed by atoms with van der Waals surface area (Å²) in [6, 6.07) is 0. The minimum atomic E-state index is -4.52. The summed E-state index contributed by atoms with van der Waals surface area (Å²) in [6.45, 7) is 4.69. The van der Waals surface area contributed by atoms with Gasteiger partial charge in [-0.1, -0.05) is 0 Å². The summed E-state index contributed by atoms with van der Waals surface area (Å²) in [4.78, 5) is 6.75. The van der Waals surface area contributed by atoms with E-state index >= 15 is 0 Å². The van der Waals surface area contributed by atoms with E-state index in [1.807, 2.05) is 13.8 Å². The zero-order valence-electron chi connectivity index (χ0n) is 10.6. The van der Waals surface area contributed by atoms with E-state index < -0.39 is 12.0 Å². The smallest absolute Gasteiger partial charge is 0.375 e. The first-order valence-corrected chi connectivity index (χ1v) is 6.02. The van der Waals surface area contributed by atoms with Crippen LogP contribution in [0, 0.1) is 0 Å². The maximum Gasteiger partial charge on any atom is 0.451 e. The van der Waals surface area contributed by atoms with Gasteiger partial charge in [0, 0.05) is 18.3 Å². The number of aromatic nitrogens is 2. The van der Waals surface area contributed by atoms with Crippen LogP contribution in [-0.4, -0.2) is 35.4 Å². The molecule has 1 aliphatic rings. The molecule has 106 valence electrons. The summed E-state index contributed by atoms with van der Waals surface area (Å²) in [5, 5.41) is 0. The van der Waals surface area contributed by atoms with Gasteiger partial charge in [-0.15, -0.1) is 0 Å². The van der Waals surface area contributed by atoms with Gasteiger partial charge in [-0.05, 0) is 19.4 Å². The van der Waals surface area contributed by atoms with Crippen molar-refractivity contribution >= 4 is 0 Å². The van der Waals surface area contributed by atoms with Crippen molar-refractivity contribution in [3.8, 4) is 0 Å². The number of ether oxygens (including phenoxy) is 2. The minimum absolute atomic E-state index is 0.155. The highest BCUT2D eigenvalue weighted by atomic mass is 19.4. The molecular weight excluding hydrogens is 261 g/mol. The van der Waals surface area contributed by atoms with E-state index in [-0.39, 0.29) is 18.1 Å². The van der Waals surface area contributed by atoms with Crippen molar-refractivity contribution in [2.45, 2.75) is 38.1 Å². The van der Waals surface area contributed by atoms with Crippen LogP contribution in [0.25, 0.3) is 0 Å². The van der Waals surface area contributed by atoms with Crippen LogP contribution in [0.3, 0.4) is 0 Å². The van der Waals surface area contributed by atoms with Gasteiger partial charge in [-0.2, -0.15) is 13.2 Å². The van der Waals surface area contributed by atoms with Crippen molar-refractivity contribution in [3.63, 3.8) is 0 Å². The maximum absolute atomic E-state index is 12.4. The van der Waals surface area contributed by atoms with Gasteiger partial charge in [-0.25, -0.2) is 9.97 Å². The van der Waals surface area contributed by atoms with E-state index in [1.54, 1.807) is 0 Å². The number of nitrogens with zero attached hydrogens (tertiary/aromatic N) is 2. The Morgan fingerprint density at radius 3 is 1.95 bits per heavy atom. The molecule has 19 heavy (non-hydrogen) atoms. The molecule has 2 rings (SSSR count). The summed E-state index contributed by atoms with van der Waals surface area (Å²) >= 11 is 0. The van der Waals surface area contributed by atoms with Crippen molar-refractivity contribution in [1.29, 1.82) is 0 Å². The van der Waals surface area contributed by atoms with E-state index in [9.17, 15) is 13.2 Å². The van der Waals surface area contributed by atoms with Gasteiger partial charge < -0.3 is 9.47 Å². The maximum atomic E-state index is 12.4. The number of hydrogen-bond acceptors (Lipinski definition) is 4. The molecule has 0 aromatic carbocycles. The van der Waals surface area contributed by atoms with E-state index in [1.165, 1.54) is 12.4 Å². The molecule has 0 aliphatic carbocycles. The lowest BCUT2D eigenvalue weighted by molar-refractivity contribution is -0.145. The molecule has 0 amide bonds. The third-order valence-electron chi connectivity index (χ3n) is 3.17. The third kappa shape index (κ3) is 3.22. The van der Waals surface area contributed by atoms with E-state index in [2.05, 4.69) is 9.97 Å². The first kappa shape index (κ1) is 14.2. The quantitative estimate of drug-likeness (QED) is 0.790. The van der Waals surface area contributed by atoms with Gasteiger partial charge in [0.25, 0.3) is 0 Å². The number of alkyl halides is 3. The second-order valence-electron chi connectivity index (χ2n) is 4.52. The summed E-state index contributed by atoms with van der Waals surface area (Å²) < 4.78 is 48.3. The van der Waals surface area contributed by atoms with Crippen LogP contribution in [-0.2, 0) is 15.7 Å². The van der Waals surface area contributed by atoms with Crippen LogP contribution >= 0.6 is 0 Å². The lowest BCUT2D eigenvalue weighted by atomic mass is 9.91. The van der Waals surface area contributed by atoms with Crippen LogP contribution < -0.4 is 0 Å². The van der Waals surface area contributed by atoms with Crippen LogP contribution in [0.4, 0.5) is 13.2 Å². The Morgan fingerprint density at radius 2 is 1.53 bits per heavy atom. The largest absolute Gasteiger partial charge is 0.451 e. The molecule has 1 saturated heterocycles. The van der Waals surface area contributed by atoms with Gasteiger partial charge >= 0.3 is 6.18 Å². The van der Waals surface area contributed by atoms with Gasteiger partial charge in [0.15, 0.2) is 0 Å². The molecule has 2 unspecified atom stereocenters. The number of hydrogen-bond donors (Lipinski definition) is 0. The summed E-state index contributed by atoms with van der Waals surface area (Å²) in [5.74, 6) is -1.31. The average molecular weight is 276 g/mol. The highest BCUT2D eigenvalue weighted by molar-refractivity contribution is 5.16. The second-order valence-corrected chi connectivity index (χ2v) is 4.52. The van der Waals surface area contributed by atoms with Crippen LogP contribution in [0.5, 0.6) is 0 Å². The molecule has 0 saturated carbocycles. The zero-order chi connectivity index (χ0) is 14.0. The Labute approximate surface area is 109 Å². The average Bonchev–Trinajstić information content (AvgIpc) is 2.50. The summed E-state index contributed by atoms with van der Waals surface area (Å²) in [5.41, 5.74) is 0.593. The Morgan fingerprint density at radius 1 is 1.05 bits per heavy atom. The Kier molecular flexibility index (Phi) is 4.05. The normalized spacial score (nSPS) is 29.0. The van der Waals surface area contributed by atoms with Crippen LogP contribution in [0.2, 0.25) is 0 Å². The van der Waals surface area contributed by atoms with E-state index in [0.29, 0.717) is 18.8 Å². The number of rotatable bonds is 1. The highest BCUT2D eigenvalue weighted by Crippen LogP contribution is 2.30. The van der Waals surface area contributed by atoms with Crippen LogP contribution in [0.1, 0.15) is 31.2 Å². The molecule has 7 heteroatoms. The predicted molar refractivity (Wildman–Crippen MR) is 60.6 cm³/mol. The second kappa shape index (κ2) is 5.42. The minimum Gasteiger partial charge on any atom is -0.375 e. The standard InChI is InChI=1S/C12H15F3N2O2/c1-7-10(8(2)19-4-3-18-7)9-5-16-11(17-6-9)12(13,14)15/h5-8,10H,3-4H2,1-2H3. The molecule has 2 heterocycles. The van der Waals surface area contributed by atoms with Gasteiger partial charge in [0.05, 0.1) is 25.4 Å². The molecule has 1 aromatic heterocycles. The lowest BCUT2D eigenvalue weighted by Gasteiger charge is -2.25. The summed E-state index contributed by atoms with van der Waals surface area (Å²) in [6.07, 6.45) is -2.43. The van der Waals surface area contributed by atoms with Crippen molar-refractivity contribution < 1.29 is 22.6 Å². The summed E-state index contributed by atoms with van der Waals surface area (Å²) in [7, 11) is 0. The molecular formula is C12H15F3N2O2. The van der Waals surface area contributed by atoms with E-state index in [0.717, 1.165) is 0 Å². The molecule has 0 spiro atoms. The fraction of sp³-hybridized carbons (Fsp3) is 0.667. The topological polar surface area (TPSA) is 44.2 Å². The van der Waals surface area contributed by atoms with Crippen molar-refractivity contribution in [3.05, 3.63) is 23.8 Å². The zero-order valence-corrected chi connectivity index (χ0v) is 10.6. The molecule has 2 atom stereocenters. The van der Waals surface area contributed by atoms with Crippen LogP contribution in [0.15, 0.2) is 12.4 Å². The molecule has 1 aromatic rings. The fourth-order valence-corrected chi connectivity index (χ4v) is 2.26. The number of halogens is 3. The van der Waals surface area contributed by atoms with Crippen molar-refractivity contribution in [1.82, 2.24) is 9.97 Å². The molecule has 0 radical (unpaired) electrons. The van der Waals surface area contributed by atoms with Gasteiger partial charge in [-0.3, -0.25) is 0 Å². The third-order valence-corrected chi connectivity index (χ3v) is 3.17. The molecule has 1 aliphatic heterocycles. The fourth-order valence-electron chi connectivity index (χ4n) is 2.26. The monoisotopic (exact) mass is 276 g/mol.